The lowest BCUT2D eigenvalue weighted by Gasteiger charge is -2.26. The van der Waals surface area contributed by atoms with Crippen molar-refractivity contribution in [3.8, 4) is 0 Å². The fraction of sp³-hybridized carbons (Fsp3) is 0.480. The van der Waals surface area contributed by atoms with Crippen LogP contribution in [0.1, 0.15) is 36.5 Å². The van der Waals surface area contributed by atoms with Crippen molar-refractivity contribution in [1.29, 1.82) is 0 Å². The first kappa shape index (κ1) is 24.0. The first-order valence-corrected chi connectivity index (χ1v) is 11.2. The zero-order valence-electron chi connectivity index (χ0n) is 18.5. The van der Waals surface area contributed by atoms with E-state index < -0.39 is 0 Å². The molecular formula is C25H35IN4O. The van der Waals surface area contributed by atoms with E-state index in [4.69, 9.17) is 9.73 Å². The van der Waals surface area contributed by atoms with Crippen LogP contribution >= 0.6 is 24.0 Å². The third-order valence-electron chi connectivity index (χ3n) is 6.13. The molecule has 31 heavy (non-hydrogen) atoms. The fourth-order valence-corrected chi connectivity index (χ4v) is 4.04. The number of ether oxygens (including phenoxy) is 1. The maximum absolute atomic E-state index is 5.43. The first-order chi connectivity index (χ1) is 14.8. The molecule has 0 bridgehead atoms. The molecule has 2 aromatic carbocycles. The van der Waals surface area contributed by atoms with Crippen LogP contribution in [0.15, 0.2) is 59.6 Å². The summed E-state index contributed by atoms with van der Waals surface area (Å²) in [6, 6.07) is 19.7. The molecule has 1 heterocycles. The Morgan fingerprint density at radius 1 is 0.968 bits per heavy atom. The van der Waals surface area contributed by atoms with E-state index in [1.807, 2.05) is 0 Å². The maximum Gasteiger partial charge on any atom is 0.191 e. The van der Waals surface area contributed by atoms with Gasteiger partial charge in [-0.1, -0.05) is 54.6 Å². The third-order valence-corrected chi connectivity index (χ3v) is 6.13. The average molecular weight is 534 g/mol. The summed E-state index contributed by atoms with van der Waals surface area (Å²) in [5.74, 6) is 0.900. The minimum atomic E-state index is 0. The van der Waals surface area contributed by atoms with Crippen molar-refractivity contribution in [2.45, 2.75) is 38.3 Å². The van der Waals surface area contributed by atoms with E-state index in [1.165, 1.54) is 29.5 Å². The van der Waals surface area contributed by atoms with Crippen LogP contribution in [-0.2, 0) is 23.2 Å². The standard InChI is InChI=1S/C25H34N4O.HI/c1-2-26-24(28-20-25(12-13-25)23-6-4-3-5-7-23)27-18-21-8-10-22(11-9-21)19-29-14-16-30-17-15-29;/h3-11H,2,12-20H2,1H3,(H2,26,27,28);1H. The van der Waals surface area contributed by atoms with E-state index in [9.17, 15) is 0 Å². The van der Waals surface area contributed by atoms with E-state index in [0.717, 1.165) is 51.9 Å². The van der Waals surface area contributed by atoms with Gasteiger partial charge in [0.15, 0.2) is 5.96 Å². The first-order valence-electron chi connectivity index (χ1n) is 11.2. The normalized spacial score (nSPS) is 18.2. The minimum Gasteiger partial charge on any atom is -0.379 e. The molecule has 0 spiro atoms. The Balaban J connectivity index is 0.00000272. The molecule has 0 radical (unpaired) electrons. The fourth-order valence-electron chi connectivity index (χ4n) is 4.04. The van der Waals surface area contributed by atoms with Crippen LogP contribution in [0.4, 0.5) is 0 Å². The van der Waals surface area contributed by atoms with Crippen molar-refractivity contribution < 1.29 is 4.74 Å². The molecule has 2 N–H and O–H groups in total. The molecule has 168 valence electrons. The summed E-state index contributed by atoms with van der Waals surface area (Å²) in [5.41, 5.74) is 4.30. The van der Waals surface area contributed by atoms with Gasteiger partial charge in [-0.25, -0.2) is 4.99 Å². The SMILES string of the molecule is CCNC(=NCc1ccc(CN2CCOCC2)cc1)NCC1(c2ccccc2)CC1.I. The van der Waals surface area contributed by atoms with Crippen LogP contribution in [-0.4, -0.2) is 50.3 Å². The summed E-state index contributed by atoms with van der Waals surface area (Å²) < 4.78 is 5.43. The van der Waals surface area contributed by atoms with E-state index in [0.29, 0.717) is 6.54 Å². The molecule has 5 nitrogen and oxygen atoms in total. The lowest BCUT2D eigenvalue weighted by Crippen LogP contribution is -2.41. The van der Waals surface area contributed by atoms with Crippen molar-refractivity contribution >= 4 is 29.9 Å². The van der Waals surface area contributed by atoms with Gasteiger partial charge in [-0.3, -0.25) is 4.90 Å². The molecule has 6 heteroatoms. The predicted molar refractivity (Wildman–Crippen MR) is 138 cm³/mol. The molecule has 4 rings (SSSR count). The molecule has 0 aromatic heterocycles. The quantitative estimate of drug-likeness (QED) is 0.306. The van der Waals surface area contributed by atoms with Crippen molar-refractivity contribution in [3.63, 3.8) is 0 Å². The van der Waals surface area contributed by atoms with Gasteiger partial charge < -0.3 is 15.4 Å². The Morgan fingerprint density at radius 3 is 2.29 bits per heavy atom. The molecule has 2 aromatic rings. The Kier molecular flexibility index (Phi) is 9.16. The van der Waals surface area contributed by atoms with E-state index in [-0.39, 0.29) is 29.4 Å². The highest BCUT2D eigenvalue weighted by Gasteiger charge is 2.43. The number of benzene rings is 2. The van der Waals surface area contributed by atoms with E-state index >= 15 is 0 Å². The van der Waals surface area contributed by atoms with Crippen molar-refractivity contribution in [1.82, 2.24) is 15.5 Å². The molecule has 2 aliphatic rings. The lowest BCUT2D eigenvalue weighted by atomic mass is 9.96. The Labute approximate surface area is 203 Å². The van der Waals surface area contributed by atoms with Gasteiger partial charge >= 0.3 is 0 Å². The van der Waals surface area contributed by atoms with Gasteiger partial charge in [-0.15, -0.1) is 24.0 Å². The zero-order chi connectivity index (χ0) is 20.7. The molecule has 0 atom stereocenters. The molecular weight excluding hydrogens is 499 g/mol. The highest BCUT2D eigenvalue weighted by atomic mass is 127. The topological polar surface area (TPSA) is 48.9 Å². The summed E-state index contributed by atoms with van der Waals surface area (Å²) in [5, 5.41) is 6.97. The average Bonchev–Trinajstić information content (AvgIpc) is 3.59. The number of guanidine groups is 1. The maximum atomic E-state index is 5.43. The number of nitrogens with one attached hydrogen (secondary N) is 2. The molecule has 1 aliphatic heterocycles. The summed E-state index contributed by atoms with van der Waals surface area (Å²) in [4.78, 5) is 7.27. The number of morpholine rings is 1. The largest absolute Gasteiger partial charge is 0.379 e. The van der Waals surface area contributed by atoms with Crippen LogP contribution in [0.5, 0.6) is 0 Å². The third kappa shape index (κ3) is 6.92. The second-order valence-electron chi connectivity index (χ2n) is 8.40. The smallest absolute Gasteiger partial charge is 0.191 e. The summed E-state index contributed by atoms with van der Waals surface area (Å²) in [6.07, 6.45) is 2.49. The van der Waals surface area contributed by atoms with Gasteiger partial charge in [-0.05, 0) is 36.5 Å². The van der Waals surface area contributed by atoms with Crippen LogP contribution in [0.2, 0.25) is 0 Å². The number of hydrogen-bond acceptors (Lipinski definition) is 3. The van der Waals surface area contributed by atoms with Crippen LogP contribution < -0.4 is 10.6 Å². The lowest BCUT2D eigenvalue weighted by molar-refractivity contribution is 0.0342. The van der Waals surface area contributed by atoms with Crippen molar-refractivity contribution in [2.75, 3.05) is 39.4 Å². The summed E-state index contributed by atoms with van der Waals surface area (Å²) >= 11 is 0. The highest BCUT2D eigenvalue weighted by Crippen LogP contribution is 2.47. The number of nitrogens with zero attached hydrogens (tertiary/aromatic N) is 2. The van der Waals surface area contributed by atoms with Crippen molar-refractivity contribution in [2.24, 2.45) is 4.99 Å². The van der Waals surface area contributed by atoms with Gasteiger partial charge in [0.2, 0.25) is 0 Å². The van der Waals surface area contributed by atoms with Crippen molar-refractivity contribution in [3.05, 3.63) is 71.3 Å². The van der Waals surface area contributed by atoms with E-state index in [2.05, 4.69) is 77.1 Å². The molecule has 1 saturated carbocycles. The van der Waals surface area contributed by atoms with Gasteiger partial charge in [0, 0.05) is 38.1 Å². The number of aliphatic imine (C=N–C) groups is 1. The minimum absolute atomic E-state index is 0. The second-order valence-corrected chi connectivity index (χ2v) is 8.40. The number of hydrogen-bond donors (Lipinski definition) is 2. The van der Waals surface area contributed by atoms with Crippen LogP contribution in [0, 0.1) is 0 Å². The second kappa shape index (κ2) is 11.8. The molecule has 0 amide bonds. The van der Waals surface area contributed by atoms with Gasteiger partial charge in [-0.2, -0.15) is 0 Å². The molecule has 2 fully saturated rings. The van der Waals surface area contributed by atoms with E-state index in [1.54, 1.807) is 0 Å². The summed E-state index contributed by atoms with van der Waals surface area (Å²) in [6.45, 7) is 9.33. The predicted octanol–water partition coefficient (Wildman–Crippen LogP) is 3.92. The number of halogens is 1. The molecule has 1 aliphatic carbocycles. The zero-order valence-corrected chi connectivity index (χ0v) is 20.8. The Hall–Kier alpha value is -1.64. The Morgan fingerprint density at radius 2 is 1.65 bits per heavy atom. The molecule has 0 unspecified atom stereocenters. The Bertz CT molecular complexity index is 815. The van der Waals surface area contributed by atoms with Crippen LogP contribution in [0.3, 0.4) is 0 Å². The summed E-state index contributed by atoms with van der Waals surface area (Å²) in [7, 11) is 0. The number of rotatable bonds is 8. The van der Waals surface area contributed by atoms with Gasteiger partial charge in [0.25, 0.3) is 0 Å². The van der Waals surface area contributed by atoms with Crippen LogP contribution in [0.25, 0.3) is 0 Å². The van der Waals surface area contributed by atoms with Gasteiger partial charge in [0.1, 0.15) is 0 Å². The monoisotopic (exact) mass is 534 g/mol. The highest BCUT2D eigenvalue weighted by molar-refractivity contribution is 14.0. The van der Waals surface area contributed by atoms with Gasteiger partial charge in [0.05, 0.1) is 19.8 Å². The molecule has 1 saturated heterocycles.